The summed E-state index contributed by atoms with van der Waals surface area (Å²) in [5.41, 5.74) is 6.73. The monoisotopic (exact) mass is 297 g/mol. The minimum atomic E-state index is 0.412. The van der Waals surface area contributed by atoms with Crippen LogP contribution in [0.4, 0.5) is 0 Å². The van der Waals surface area contributed by atoms with Gasteiger partial charge in [0.2, 0.25) is 0 Å². The summed E-state index contributed by atoms with van der Waals surface area (Å²) in [6.07, 6.45) is 2.35. The van der Waals surface area contributed by atoms with E-state index in [9.17, 15) is 0 Å². The SMILES string of the molecule is CCCC(C)COc1cccc(SCC)c1C(N)=S. The molecule has 4 heteroatoms. The smallest absolute Gasteiger partial charge is 0.130 e. The number of nitrogens with two attached hydrogens (primary N) is 1. The summed E-state index contributed by atoms with van der Waals surface area (Å²) in [6.45, 7) is 7.22. The van der Waals surface area contributed by atoms with Crippen molar-refractivity contribution in [3.05, 3.63) is 23.8 Å². The van der Waals surface area contributed by atoms with Gasteiger partial charge in [-0.2, -0.15) is 0 Å². The van der Waals surface area contributed by atoms with Gasteiger partial charge >= 0.3 is 0 Å². The van der Waals surface area contributed by atoms with E-state index in [4.69, 9.17) is 22.7 Å². The standard InChI is InChI=1S/C15H23NOS2/c1-4-7-11(3)10-17-12-8-6-9-13(19-5-2)14(12)15(16)18/h6,8-9,11H,4-5,7,10H2,1-3H3,(H2,16,18). The van der Waals surface area contributed by atoms with Gasteiger partial charge in [-0.1, -0.05) is 45.5 Å². The Morgan fingerprint density at radius 2 is 2.16 bits per heavy atom. The fourth-order valence-corrected chi connectivity index (χ4v) is 3.07. The van der Waals surface area contributed by atoms with Gasteiger partial charge in [0.25, 0.3) is 0 Å². The first-order chi connectivity index (χ1) is 9.10. The van der Waals surface area contributed by atoms with Crippen molar-refractivity contribution in [3.8, 4) is 5.75 Å². The van der Waals surface area contributed by atoms with Crippen LogP contribution in [-0.4, -0.2) is 17.3 Å². The first-order valence-corrected chi connectivity index (χ1v) is 8.17. The summed E-state index contributed by atoms with van der Waals surface area (Å²) in [5, 5.41) is 0. The second-order valence-corrected chi connectivity index (χ2v) is 6.38. The molecule has 0 aliphatic carbocycles. The van der Waals surface area contributed by atoms with Crippen LogP contribution in [0.2, 0.25) is 0 Å². The van der Waals surface area contributed by atoms with Crippen molar-refractivity contribution in [2.45, 2.75) is 38.5 Å². The molecule has 1 unspecified atom stereocenters. The molecule has 0 spiro atoms. The van der Waals surface area contributed by atoms with Crippen LogP contribution in [0.15, 0.2) is 23.1 Å². The molecular weight excluding hydrogens is 274 g/mol. The normalized spacial score (nSPS) is 12.2. The molecule has 0 aromatic heterocycles. The van der Waals surface area contributed by atoms with Crippen molar-refractivity contribution in [3.63, 3.8) is 0 Å². The van der Waals surface area contributed by atoms with Gasteiger partial charge in [0, 0.05) is 4.90 Å². The van der Waals surface area contributed by atoms with E-state index in [1.54, 1.807) is 11.8 Å². The van der Waals surface area contributed by atoms with Crippen LogP contribution < -0.4 is 10.5 Å². The molecule has 0 amide bonds. The van der Waals surface area contributed by atoms with Crippen molar-refractivity contribution in [2.24, 2.45) is 11.7 Å². The molecule has 1 atom stereocenters. The predicted octanol–water partition coefficient (Wildman–Crippen LogP) is 4.25. The van der Waals surface area contributed by atoms with Crippen LogP contribution in [0, 0.1) is 5.92 Å². The lowest BCUT2D eigenvalue weighted by Crippen LogP contribution is -2.15. The number of rotatable bonds is 8. The highest BCUT2D eigenvalue weighted by molar-refractivity contribution is 7.99. The van der Waals surface area contributed by atoms with E-state index < -0.39 is 0 Å². The number of benzene rings is 1. The molecule has 1 aromatic carbocycles. The van der Waals surface area contributed by atoms with Gasteiger partial charge in [0.05, 0.1) is 12.2 Å². The summed E-state index contributed by atoms with van der Waals surface area (Å²) >= 11 is 6.91. The maximum atomic E-state index is 5.92. The van der Waals surface area contributed by atoms with E-state index in [0.717, 1.165) is 22.0 Å². The highest BCUT2D eigenvalue weighted by Crippen LogP contribution is 2.30. The van der Waals surface area contributed by atoms with Gasteiger partial charge in [0.1, 0.15) is 10.7 Å². The average Bonchev–Trinajstić information content (AvgIpc) is 2.37. The van der Waals surface area contributed by atoms with Crippen LogP contribution in [0.3, 0.4) is 0 Å². The molecule has 0 aliphatic heterocycles. The number of thioether (sulfide) groups is 1. The van der Waals surface area contributed by atoms with E-state index in [1.807, 2.05) is 18.2 Å². The molecule has 0 heterocycles. The Hall–Kier alpha value is -0.740. The highest BCUT2D eigenvalue weighted by Gasteiger charge is 2.13. The number of thiocarbonyl (C=S) groups is 1. The molecule has 0 saturated carbocycles. The van der Waals surface area contributed by atoms with Crippen molar-refractivity contribution in [1.82, 2.24) is 0 Å². The Labute approximate surface area is 126 Å². The summed E-state index contributed by atoms with van der Waals surface area (Å²) in [6, 6.07) is 6.00. The van der Waals surface area contributed by atoms with E-state index in [0.29, 0.717) is 17.5 Å². The number of hydrogen-bond donors (Lipinski definition) is 1. The lowest BCUT2D eigenvalue weighted by atomic mass is 10.1. The van der Waals surface area contributed by atoms with Crippen molar-refractivity contribution < 1.29 is 4.74 Å². The Kier molecular flexibility index (Phi) is 7.24. The molecule has 19 heavy (non-hydrogen) atoms. The molecule has 1 rings (SSSR count). The molecule has 0 fully saturated rings. The molecule has 2 N–H and O–H groups in total. The number of ether oxygens (including phenoxy) is 1. The minimum absolute atomic E-state index is 0.412. The molecule has 0 bridgehead atoms. The van der Waals surface area contributed by atoms with Crippen LogP contribution in [-0.2, 0) is 0 Å². The Balaban J connectivity index is 2.87. The van der Waals surface area contributed by atoms with Crippen LogP contribution >= 0.6 is 24.0 Å². The third-order valence-corrected chi connectivity index (χ3v) is 3.98. The quantitative estimate of drug-likeness (QED) is 0.575. The Bertz CT molecular complexity index is 421. The van der Waals surface area contributed by atoms with Crippen LogP contribution in [0.25, 0.3) is 0 Å². The van der Waals surface area contributed by atoms with Crippen LogP contribution in [0.1, 0.15) is 39.2 Å². The molecule has 1 aromatic rings. The van der Waals surface area contributed by atoms with Crippen LogP contribution in [0.5, 0.6) is 5.75 Å². The van der Waals surface area contributed by atoms with E-state index >= 15 is 0 Å². The summed E-state index contributed by atoms with van der Waals surface area (Å²) in [7, 11) is 0. The molecule has 0 saturated heterocycles. The second kappa shape index (κ2) is 8.43. The molecular formula is C15H23NOS2. The third kappa shape index (κ3) is 5.03. The topological polar surface area (TPSA) is 35.2 Å². The maximum Gasteiger partial charge on any atom is 0.130 e. The zero-order chi connectivity index (χ0) is 14.3. The lowest BCUT2D eigenvalue weighted by Gasteiger charge is -2.16. The number of hydrogen-bond acceptors (Lipinski definition) is 3. The van der Waals surface area contributed by atoms with E-state index in [1.165, 1.54) is 12.8 Å². The summed E-state index contributed by atoms with van der Waals surface area (Å²) in [4.78, 5) is 1.52. The maximum absolute atomic E-state index is 5.92. The zero-order valence-electron chi connectivity index (χ0n) is 11.9. The molecule has 0 radical (unpaired) electrons. The van der Waals surface area contributed by atoms with Gasteiger partial charge in [-0.05, 0) is 30.2 Å². The zero-order valence-corrected chi connectivity index (χ0v) is 13.6. The van der Waals surface area contributed by atoms with Gasteiger partial charge in [-0.15, -0.1) is 11.8 Å². The van der Waals surface area contributed by atoms with Gasteiger partial charge < -0.3 is 10.5 Å². The minimum Gasteiger partial charge on any atom is -0.493 e. The fraction of sp³-hybridized carbons (Fsp3) is 0.533. The van der Waals surface area contributed by atoms with Gasteiger partial charge in [-0.3, -0.25) is 0 Å². The van der Waals surface area contributed by atoms with Crippen molar-refractivity contribution >= 4 is 29.0 Å². The highest BCUT2D eigenvalue weighted by atomic mass is 32.2. The fourth-order valence-electron chi connectivity index (χ4n) is 1.96. The third-order valence-electron chi connectivity index (χ3n) is 2.84. The predicted molar refractivity (Wildman–Crippen MR) is 88.3 cm³/mol. The summed E-state index contributed by atoms with van der Waals surface area (Å²) in [5.74, 6) is 2.35. The van der Waals surface area contributed by atoms with E-state index in [-0.39, 0.29) is 0 Å². The Morgan fingerprint density at radius 3 is 2.74 bits per heavy atom. The molecule has 106 valence electrons. The van der Waals surface area contributed by atoms with Gasteiger partial charge in [0.15, 0.2) is 0 Å². The first-order valence-electron chi connectivity index (χ1n) is 6.78. The molecule has 0 aliphatic rings. The van der Waals surface area contributed by atoms with Gasteiger partial charge in [-0.25, -0.2) is 0 Å². The molecule has 2 nitrogen and oxygen atoms in total. The second-order valence-electron chi connectivity index (χ2n) is 4.63. The summed E-state index contributed by atoms with van der Waals surface area (Å²) < 4.78 is 5.92. The van der Waals surface area contributed by atoms with Crippen molar-refractivity contribution in [2.75, 3.05) is 12.4 Å². The van der Waals surface area contributed by atoms with E-state index in [2.05, 4.69) is 20.8 Å². The lowest BCUT2D eigenvalue weighted by molar-refractivity contribution is 0.250. The Morgan fingerprint density at radius 1 is 1.42 bits per heavy atom. The van der Waals surface area contributed by atoms with Crippen molar-refractivity contribution in [1.29, 1.82) is 0 Å². The first kappa shape index (κ1) is 16.3. The largest absolute Gasteiger partial charge is 0.493 e. The average molecular weight is 297 g/mol.